The summed E-state index contributed by atoms with van der Waals surface area (Å²) in [6.45, 7) is 1.80. The van der Waals surface area contributed by atoms with E-state index in [1.165, 1.54) is 12.1 Å². The van der Waals surface area contributed by atoms with E-state index in [-0.39, 0.29) is 10.8 Å². The van der Waals surface area contributed by atoms with Crippen LogP contribution in [-0.4, -0.2) is 19.0 Å². The fourth-order valence-corrected chi connectivity index (χ4v) is 3.52. The molecule has 0 N–H and O–H groups in total. The fourth-order valence-electron chi connectivity index (χ4n) is 1.55. The van der Waals surface area contributed by atoms with Crippen molar-refractivity contribution in [2.75, 3.05) is 6.26 Å². The molecule has 0 aliphatic carbocycles. The molecule has 0 atom stereocenters. The van der Waals surface area contributed by atoms with E-state index >= 15 is 0 Å². The Morgan fingerprint density at radius 1 is 1.24 bits per heavy atom. The highest BCUT2D eigenvalue weighted by Gasteiger charge is 2.20. The van der Waals surface area contributed by atoms with E-state index in [0.29, 0.717) is 11.1 Å². The maximum atomic E-state index is 12.8. The molecule has 0 aliphatic rings. The monoisotopic (exact) mass is 271 g/mol. The Morgan fingerprint density at radius 2 is 1.82 bits per heavy atom. The Labute approximate surface area is 103 Å². The molecule has 0 unspecified atom stereocenters. The van der Waals surface area contributed by atoms with Crippen molar-refractivity contribution in [3.63, 3.8) is 0 Å². The first kappa shape index (κ1) is 12.2. The lowest BCUT2D eigenvalue weighted by molar-refractivity contribution is 0.600. The number of halogens is 1. The second-order valence-electron chi connectivity index (χ2n) is 3.70. The van der Waals surface area contributed by atoms with Crippen LogP contribution in [0.3, 0.4) is 0 Å². The number of nitrogens with zero attached hydrogens (tertiary/aromatic N) is 1. The van der Waals surface area contributed by atoms with Gasteiger partial charge in [-0.2, -0.15) is 4.37 Å². The Balaban J connectivity index is 2.67. The zero-order valence-corrected chi connectivity index (χ0v) is 10.9. The van der Waals surface area contributed by atoms with Crippen molar-refractivity contribution in [1.29, 1.82) is 0 Å². The van der Waals surface area contributed by atoms with Crippen molar-refractivity contribution in [3.05, 3.63) is 35.0 Å². The molecule has 1 aromatic carbocycles. The van der Waals surface area contributed by atoms with E-state index < -0.39 is 9.84 Å². The molecular formula is C11H10FNO2S2. The predicted molar refractivity (Wildman–Crippen MR) is 65.4 cm³/mol. The lowest BCUT2D eigenvalue weighted by Gasteiger charge is -2.02. The van der Waals surface area contributed by atoms with Gasteiger partial charge in [0.1, 0.15) is 5.82 Å². The highest BCUT2D eigenvalue weighted by atomic mass is 32.2. The van der Waals surface area contributed by atoms with E-state index in [1.54, 1.807) is 19.1 Å². The summed E-state index contributed by atoms with van der Waals surface area (Å²) in [6, 6.07) is 5.72. The van der Waals surface area contributed by atoms with Crippen LogP contribution in [0.2, 0.25) is 0 Å². The minimum atomic E-state index is -3.37. The van der Waals surface area contributed by atoms with Crippen molar-refractivity contribution in [2.24, 2.45) is 0 Å². The van der Waals surface area contributed by atoms with Crippen molar-refractivity contribution in [1.82, 2.24) is 4.37 Å². The van der Waals surface area contributed by atoms with Crippen molar-refractivity contribution in [3.8, 4) is 11.1 Å². The van der Waals surface area contributed by atoms with Gasteiger partial charge in [-0.15, -0.1) is 0 Å². The standard InChI is InChI=1S/C11H10FNO2S2/c1-7-10(8-3-5-9(12)6-4-8)11(13-16-7)17(2,14)15/h3-6H,1-2H3. The Morgan fingerprint density at radius 3 is 2.35 bits per heavy atom. The summed E-state index contributed by atoms with van der Waals surface area (Å²) in [5, 5.41) is 0.0617. The van der Waals surface area contributed by atoms with Crippen LogP contribution in [0.15, 0.2) is 29.3 Å². The van der Waals surface area contributed by atoms with Gasteiger partial charge in [0.05, 0.1) is 0 Å². The number of hydrogen-bond acceptors (Lipinski definition) is 4. The minimum Gasteiger partial charge on any atom is -0.222 e. The van der Waals surface area contributed by atoms with Gasteiger partial charge in [-0.1, -0.05) is 12.1 Å². The summed E-state index contributed by atoms with van der Waals surface area (Å²) in [5.74, 6) is -0.351. The summed E-state index contributed by atoms with van der Waals surface area (Å²) >= 11 is 1.13. The third kappa shape index (κ3) is 2.37. The maximum Gasteiger partial charge on any atom is 0.194 e. The molecule has 0 radical (unpaired) electrons. The normalized spacial score (nSPS) is 11.7. The molecule has 1 heterocycles. The number of benzene rings is 1. The summed E-state index contributed by atoms with van der Waals surface area (Å²) in [4.78, 5) is 0.803. The highest BCUT2D eigenvalue weighted by Crippen LogP contribution is 2.32. The predicted octanol–water partition coefficient (Wildman–Crippen LogP) is 2.66. The molecule has 6 heteroatoms. The van der Waals surface area contributed by atoms with Gasteiger partial charge in [0.25, 0.3) is 0 Å². The van der Waals surface area contributed by atoms with Crippen LogP contribution in [-0.2, 0) is 9.84 Å². The number of aryl methyl sites for hydroxylation is 1. The Kier molecular flexibility index (Phi) is 3.01. The summed E-state index contributed by atoms with van der Waals surface area (Å²) < 4.78 is 39.9. The molecule has 17 heavy (non-hydrogen) atoms. The fraction of sp³-hybridized carbons (Fsp3) is 0.182. The molecule has 0 amide bonds. The van der Waals surface area contributed by atoms with Gasteiger partial charge in [-0.25, -0.2) is 12.8 Å². The average Bonchev–Trinajstić information content (AvgIpc) is 2.61. The smallest absolute Gasteiger partial charge is 0.194 e. The maximum absolute atomic E-state index is 12.8. The van der Waals surface area contributed by atoms with Gasteiger partial charge >= 0.3 is 0 Å². The molecular weight excluding hydrogens is 261 g/mol. The molecule has 2 aromatic rings. The zero-order chi connectivity index (χ0) is 12.6. The second-order valence-corrected chi connectivity index (χ2v) is 6.61. The topological polar surface area (TPSA) is 47.0 Å². The van der Waals surface area contributed by atoms with Crippen LogP contribution in [0.5, 0.6) is 0 Å². The molecule has 2 rings (SSSR count). The summed E-state index contributed by atoms with van der Waals surface area (Å²) in [5.41, 5.74) is 1.23. The second kappa shape index (κ2) is 4.19. The highest BCUT2D eigenvalue weighted by molar-refractivity contribution is 7.90. The van der Waals surface area contributed by atoms with Gasteiger partial charge in [0.15, 0.2) is 14.9 Å². The van der Waals surface area contributed by atoms with Crippen LogP contribution in [0.1, 0.15) is 4.88 Å². The average molecular weight is 271 g/mol. The third-order valence-corrected chi connectivity index (χ3v) is 4.18. The first-order valence-corrected chi connectivity index (χ1v) is 7.48. The van der Waals surface area contributed by atoms with Crippen LogP contribution in [0.25, 0.3) is 11.1 Å². The van der Waals surface area contributed by atoms with E-state index in [9.17, 15) is 12.8 Å². The lowest BCUT2D eigenvalue weighted by Crippen LogP contribution is -1.99. The van der Waals surface area contributed by atoms with Crippen LogP contribution in [0.4, 0.5) is 4.39 Å². The van der Waals surface area contributed by atoms with E-state index in [1.807, 2.05) is 0 Å². The quantitative estimate of drug-likeness (QED) is 0.843. The number of hydrogen-bond donors (Lipinski definition) is 0. The largest absolute Gasteiger partial charge is 0.222 e. The van der Waals surface area contributed by atoms with Gasteiger partial charge in [0, 0.05) is 16.7 Å². The van der Waals surface area contributed by atoms with E-state index in [0.717, 1.165) is 22.7 Å². The Bertz CT molecular complexity index is 645. The minimum absolute atomic E-state index is 0.0617. The van der Waals surface area contributed by atoms with Crippen molar-refractivity contribution in [2.45, 2.75) is 11.9 Å². The van der Waals surface area contributed by atoms with Crippen LogP contribution >= 0.6 is 11.5 Å². The molecule has 0 bridgehead atoms. The first-order valence-electron chi connectivity index (χ1n) is 4.82. The third-order valence-electron chi connectivity index (χ3n) is 2.32. The molecule has 0 saturated carbocycles. The molecule has 0 aliphatic heterocycles. The zero-order valence-electron chi connectivity index (χ0n) is 9.27. The molecule has 0 spiro atoms. The molecule has 90 valence electrons. The molecule has 0 fully saturated rings. The summed E-state index contributed by atoms with van der Waals surface area (Å²) in [6.07, 6.45) is 1.12. The van der Waals surface area contributed by atoms with Crippen molar-refractivity contribution >= 4 is 21.4 Å². The number of rotatable bonds is 2. The summed E-state index contributed by atoms with van der Waals surface area (Å²) in [7, 11) is -3.37. The van der Waals surface area contributed by atoms with Crippen molar-refractivity contribution < 1.29 is 12.8 Å². The Hall–Kier alpha value is -1.27. The van der Waals surface area contributed by atoms with Gasteiger partial charge in [0.2, 0.25) is 0 Å². The molecule has 1 aromatic heterocycles. The molecule has 3 nitrogen and oxygen atoms in total. The molecule has 0 saturated heterocycles. The van der Waals surface area contributed by atoms with Gasteiger partial charge in [-0.05, 0) is 36.2 Å². The van der Waals surface area contributed by atoms with E-state index in [2.05, 4.69) is 4.37 Å². The van der Waals surface area contributed by atoms with Crippen LogP contribution < -0.4 is 0 Å². The lowest BCUT2D eigenvalue weighted by atomic mass is 10.1. The van der Waals surface area contributed by atoms with E-state index in [4.69, 9.17) is 0 Å². The van der Waals surface area contributed by atoms with Gasteiger partial charge < -0.3 is 0 Å². The SMILES string of the molecule is Cc1snc(S(C)(=O)=O)c1-c1ccc(F)cc1. The number of aromatic nitrogens is 1. The number of sulfone groups is 1. The van der Waals surface area contributed by atoms with Crippen LogP contribution in [0, 0.1) is 12.7 Å². The van der Waals surface area contributed by atoms with Gasteiger partial charge in [-0.3, -0.25) is 0 Å². The first-order chi connectivity index (χ1) is 7.89.